The Labute approximate surface area is 194 Å². The molecule has 0 aromatic heterocycles. The van der Waals surface area contributed by atoms with Gasteiger partial charge in [0.05, 0.1) is 11.1 Å². The van der Waals surface area contributed by atoms with Gasteiger partial charge in [0.1, 0.15) is 18.8 Å². The molecular formula is C22H23NO11. The Morgan fingerprint density at radius 1 is 0.794 bits per heavy atom. The third-order valence-electron chi connectivity index (χ3n) is 5.08. The van der Waals surface area contributed by atoms with Crippen molar-refractivity contribution in [3.05, 3.63) is 35.4 Å². The Morgan fingerprint density at radius 2 is 1.29 bits per heavy atom. The number of rotatable bonds is 6. The lowest BCUT2D eigenvalue weighted by atomic mass is 9.94. The Kier molecular flexibility index (Phi) is 7.30. The van der Waals surface area contributed by atoms with Crippen LogP contribution in [0.4, 0.5) is 0 Å². The van der Waals surface area contributed by atoms with Crippen molar-refractivity contribution in [3.8, 4) is 0 Å². The Hall–Kier alpha value is -3.80. The predicted octanol–water partition coefficient (Wildman–Crippen LogP) is 0.366. The standard InChI is InChI=1S/C22H23NO11/c1-10(24)30-9-16-18(31-11(2)25)19(32-12(3)26)17(22(34-16)33-13(4)27)23-20(28)14-7-5-6-8-15(14)21(23)29/h5-8,16-19,22H,9H2,1-4H3/t16?,17-,18?,19?,22?/m1/s1. The van der Waals surface area contributed by atoms with Crippen LogP contribution in [0.1, 0.15) is 48.4 Å². The highest BCUT2D eigenvalue weighted by molar-refractivity contribution is 6.21. The summed E-state index contributed by atoms with van der Waals surface area (Å²) in [6.07, 6.45) is -5.81. The summed E-state index contributed by atoms with van der Waals surface area (Å²) in [4.78, 5) is 74.2. The first-order valence-corrected chi connectivity index (χ1v) is 10.3. The smallest absolute Gasteiger partial charge is 0.305 e. The zero-order valence-electron chi connectivity index (χ0n) is 18.8. The fourth-order valence-corrected chi connectivity index (χ4v) is 3.90. The van der Waals surface area contributed by atoms with Crippen molar-refractivity contribution in [1.82, 2.24) is 4.90 Å². The minimum absolute atomic E-state index is 0.0849. The van der Waals surface area contributed by atoms with E-state index in [4.69, 9.17) is 23.7 Å². The summed E-state index contributed by atoms with van der Waals surface area (Å²) in [5.74, 6) is -4.64. The molecule has 0 saturated carbocycles. The quantitative estimate of drug-likeness (QED) is 0.317. The van der Waals surface area contributed by atoms with Crippen molar-refractivity contribution in [2.24, 2.45) is 0 Å². The molecule has 3 rings (SSSR count). The molecule has 0 radical (unpaired) electrons. The maximum Gasteiger partial charge on any atom is 0.305 e. The zero-order chi connectivity index (χ0) is 25.2. The highest BCUT2D eigenvalue weighted by Gasteiger charge is 2.58. The molecule has 1 fully saturated rings. The lowest BCUT2D eigenvalue weighted by Crippen LogP contribution is -2.67. The van der Waals surface area contributed by atoms with Gasteiger partial charge in [-0.3, -0.25) is 33.7 Å². The number of hydrogen-bond acceptors (Lipinski definition) is 11. The van der Waals surface area contributed by atoms with Gasteiger partial charge in [-0.15, -0.1) is 0 Å². The second-order valence-corrected chi connectivity index (χ2v) is 7.62. The van der Waals surface area contributed by atoms with E-state index in [0.29, 0.717) is 0 Å². The molecule has 0 N–H and O–H groups in total. The van der Waals surface area contributed by atoms with Crippen LogP contribution in [0, 0.1) is 0 Å². The molecule has 182 valence electrons. The third-order valence-corrected chi connectivity index (χ3v) is 5.08. The number of benzene rings is 1. The SMILES string of the molecule is CC(=O)OCC1OC(OC(C)=O)[C@H](N2C(=O)c3ccccc3C2=O)C(OC(C)=O)C1OC(C)=O. The van der Waals surface area contributed by atoms with Crippen LogP contribution < -0.4 is 0 Å². The average Bonchev–Trinajstić information content (AvgIpc) is 2.98. The summed E-state index contributed by atoms with van der Waals surface area (Å²) < 4.78 is 26.7. The number of ether oxygens (including phenoxy) is 5. The van der Waals surface area contributed by atoms with Crippen molar-refractivity contribution in [2.45, 2.75) is 58.3 Å². The molecule has 5 atom stereocenters. The second-order valence-electron chi connectivity index (χ2n) is 7.62. The Morgan fingerprint density at radius 3 is 1.76 bits per heavy atom. The van der Waals surface area contributed by atoms with Gasteiger partial charge < -0.3 is 23.7 Å². The second kappa shape index (κ2) is 10.00. The molecule has 2 amide bonds. The molecule has 34 heavy (non-hydrogen) atoms. The van der Waals surface area contributed by atoms with Gasteiger partial charge in [-0.05, 0) is 12.1 Å². The molecule has 2 aliphatic heterocycles. The lowest BCUT2D eigenvalue weighted by Gasteiger charge is -2.46. The van der Waals surface area contributed by atoms with Crippen molar-refractivity contribution >= 4 is 35.7 Å². The van der Waals surface area contributed by atoms with Crippen molar-refractivity contribution in [3.63, 3.8) is 0 Å². The van der Waals surface area contributed by atoms with Gasteiger partial charge >= 0.3 is 23.9 Å². The number of carbonyl (C=O) groups is 6. The van der Waals surface area contributed by atoms with Crippen LogP contribution in [-0.4, -0.2) is 77.8 Å². The van der Waals surface area contributed by atoms with Crippen molar-refractivity contribution in [2.75, 3.05) is 6.61 Å². The number of amides is 2. The molecule has 12 nitrogen and oxygen atoms in total. The number of nitrogens with zero attached hydrogens (tertiary/aromatic N) is 1. The van der Waals surface area contributed by atoms with E-state index in [9.17, 15) is 28.8 Å². The highest BCUT2D eigenvalue weighted by Crippen LogP contribution is 2.35. The van der Waals surface area contributed by atoms with E-state index in [1.54, 1.807) is 12.1 Å². The number of fused-ring (bicyclic) bond motifs is 1. The monoisotopic (exact) mass is 477 g/mol. The minimum Gasteiger partial charge on any atom is -0.463 e. The maximum atomic E-state index is 13.2. The molecule has 0 bridgehead atoms. The summed E-state index contributed by atoms with van der Waals surface area (Å²) in [6, 6.07) is 4.49. The number of imide groups is 1. The molecule has 1 saturated heterocycles. The normalized spacial score (nSPS) is 25.9. The van der Waals surface area contributed by atoms with Gasteiger partial charge in [-0.1, -0.05) is 12.1 Å². The Balaban J connectivity index is 2.11. The van der Waals surface area contributed by atoms with Crippen molar-refractivity contribution < 1.29 is 52.5 Å². The van der Waals surface area contributed by atoms with Gasteiger partial charge in [0.15, 0.2) is 12.2 Å². The molecule has 2 aliphatic rings. The van der Waals surface area contributed by atoms with Crippen LogP contribution in [0.25, 0.3) is 0 Å². The first-order valence-electron chi connectivity index (χ1n) is 10.3. The van der Waals surface area contributed by atoms with Gasteiger partial charge in [0.25, 0.3) is 11.8 Å². The van der Waals surface area contributed by atoms with Gasteiger partial charge in [-0.25, -0.2) is 0 Å². The predicted molar refractivity (Wildman–Crippen MR) is 109 cm³/mol. The topological polar surface area (TPSA) is 152 Å². The summed E-state index contributed by atoms with van der Waals surface area (Å²) >= 11 is 0. The van der Waals surface area contributed by atoms with E-state index in [-0.39, 0.29) is 11.1 Å². The molecule has 1 aromatic rings. The number of carbonyl (C=O) groups excluding carboxylic acids is 6. The average molecular weight is 477 g/mol. The number of hydrogen-bond donors (Lipinski definition) is 0. The van der Waals surface area contributed by atoms with E-state index in [0.717, 1.165) is 32.6 Å². The van der Waals surface area contributed by atoms with E-state index < -0.39 is 72.9 Å². The molecule has 0 spiro atoms. The third kappa shape index (κ3) is 5.06. The highest BCUT2D eigenvalue weighted by atomic mass is 16.7. The molecule has 12 heteroatoms. The van der Waals surface area contributed by atoms with Crippen LogP contribution >= 0.6 is 0 Å². The van der Waals surface area contributed by atoms with Gasteiger partial charge in [0, 0.05) is 27.7 Å². The first kappa shape index (κ1) is 24.8. The van der Waals surface area contributed by atoms with Crippen LogP contribution in [0.2, 0.25) is 0 Å². The van der Waals surface area contributed by atoms with Crippen LogP contribution in [-0.2, 0) is 42.9 Å². The van der Waals surface area contributed by atoms with E-state index in [1.807, 2.05) is 0 Å². The molecule has 4 unspecified atom stereocenters. The number of esters is 4. The largest absolute Gasteiger partial charge is 0.463 e. The zero-order valence-corrected chi connectivity index (χ0v) is 18.8. The first-order chi connectivity index (χ1) is 16.0. The van der Waals surface area contributed by atoms with Gasteiger partial charge in [-0.2, -0.15) is 0 Å². The van der Waals surface area contributed by atoms with Crippen LogP contribution in [0.5, 0.6) is 0 Å². The fraction of sp³-hybridized carbons (Fsp3) is 0.455. The van der Waals surface area contributed by atoms with E-state index >= 15 is 0 Å². The van der Waals surface area contributed by atoms with E-state index in [1.165, 1.54) is 12.1 Å². The molecule has 0 aliphatic carbocycles. The van der Waals surface area contributed by atoms with Crippen LogP contribution in [0.15, 0.2) is 24.3 Å². The maximum absolute atomic E-state index is 13.2. The van der Waals surface area contributed by atoms with E-state index in [2.05, 4.69) is 0 Å². The summed E-state index contributed by atoms with van der Waals surface area (Å²) in [7, 11) is 0. The molecular weight excluding hydrogens is 454 g/mol. The van der Waals surface area contributed by atoms with Crippen LogP contribution in [0.3, 0.4) is 0 Å². The molecule has 2 heterocycles. The summed E-state index contributed by atoms with van der Waals surface area (Å²) in [5.41, 5.74) is 0.170. The lowest BCUT2D eigenvalue weighted by molar-refractivity contribution is -0.278. The van der Waals surface area contributed by atoms with Crippen molar-refractivity contribution in [1.29, 1.82) is 0 Å². The minimum atomic E-state index is -1.63. The molecule has 1 aromatic carbocycles. The fourth-order valence-electron chi connectivity index (χ4n) is 3.90. The Bertz CT molecular complexity index is 1000. The summed E-state index contributed by atoms with van der Waals surface area (Å²) in [6.45, 7) is 3.91. The summed E-state index contributed by atoms with van der Waals surface area (Å²) in [5, 5.41) is 0. The van der Waals surface area contributed by atoms with Gasteiger partial charge in [0.2, 0.25) is 6.29 Å².